The van der Waals surface area contributed by atoms with Crippen molar-refractivity contribution in [1.29, 1.82) is 5.26 Å². The van der Waals surface area contributed by atoms with Gasteiger partial charge in [-0.1, -0.05) is 50.2 Å². The van der Waals surface area contributed by atoms with E-state index < -0.39 is 0 Å². The van der Waals surface area contributed by atoms with Gasteiger partial charge < -0.3 is 10.3 Å². The molecule has 30 heavy (non-hydrogen) atoms. The van der Waals surface area contributed by atoms with Gasteiger partial charge in [-0.3, -0.25) is 4.79 Å². The fourth-order valence-corrected chi connectivity index (χ4v) is 4.53. The smallest absolute Gasteiger partial charge is 0.258 e. The van der Waals surface area contributed by atoms with Gasteiger partial charge in [0.25, 0.3) is 5.56 Å². The number of pyridine rings is 1. The summed E-state index contributed by atoms with van der Waals surface area (Å²) in [7, 11) is 0. The van der Waals surface area contributed by atoms with E-state index in [1.165, 1.54) is 11.3 Å². The van der Waals surface area contributed by atoms with Gasteiger partial charge in [0.15, 0.2) is 5.69 Å². The van der Waals surface area contributed by atoms with Crippen molar-refractivity contribution >= 4 is 22.1 Å². The van der Waals surface area contributed by atoms with E-state index >= 15 is 0 Å². The normalized spacial score (nSPS) is 11.2. The highest BCUT2D eigenvalue weighted by molar-refractivity contribution is 7.13. The van der Waals surface area contributed by atoms with Crippen LogP contribution in [0.4, 0.5) is 0 Å². The number of hydrogen-bond donors (Lipinski definition) is 1. The second-order valence-corrected chi connectivity index (χ2v) is 8.47. The van der Waals surface area contributed by atoms with E-state index in [1.54, 1.807) is 5.38 Å². The summed E-state index contributed by atoms with van der Waals surface area (Å²) in [6, 6.07) is 17.9. The number of fused-ring (bicyclic) bond motifs is 1. The fourth-order valence-electron chi connectivity index (χ4n) is 3.78. The molecule has 0 aliphatic carbocycles. The third-order valence-corrected chi connectivity index (χ3v) is 5.94. The van der Waals surface area contributed by atoms with Crippen LogP contribution in [-0.4, -0.2) is 9.55 Å². The van der Waals surface area contributed by atoms with E-state index in [0.717, 1.165) is 32.8 Å². The zero-order valence-electron chi connectivity index (χ0n) is 16.9. The van der Waals surface area contributed by atoms with Crippen molar-refractivity contribution in [2.45, 2.75) is 26.9 Å². The van der Waals surface area contributed by atoms with Gasteiger partial charge in [-0.2, -0.15) is 5.26 Å². The second kappa shape index (κ2) is 8.23. The number of rotatable bonds is 5. The average Bonchev–Trinajstić information content (AvgIpc) is 3.25. The van der Waals surface area contributed by atoms with Crippen LogP contribution in [0.25, 0.3) is 32.5 Å². The average molecular weight is 415 g/mol. The predicted molar refractivity (Wildman–Crippen MR) is 122 cm³/mol. The summed E-state index contributed by atoms with van der Waals surface area (Å²) in [4.78, 5) is 17.8. The largest absolute Gasteiger partial charge is 0.325 e. The van der Waals surface area contributed by atoms with Gasteiger partial charge in [-0.25, -0.2) is 4.98 Å². The molecule has 5 nitrogen and oxygen atoms in total. The highest BCUT2D eigenvalue weighted by Crippen LogP contribution is 2.34. The lowest BCUT2D eigenvalue weighted by Gasteiger charge is -2.21. The number of aromatic nitrogens is 2. The van der Waals surface area contributed by atoms with Gasteiger partial charge in [0.1, 0.15) is 11.1 Å². The van der Waals surface area contributed by atoms with Crippen LogP contribution in [0.5, 0.6) is 0 Å². The van der Waals surface area contributed by atoms with Crippen molar-refractivity contribution < 1.29 is 0 Å². The Balaban J connectivity index is 2.08. The zero-order valence-corrected chi connectivity index (χ0v) is 17.7. The van der Waals surface area contributed by atoms with E-state index in [1.807, 2.05) is 53.1 Å². The molecule has 0 spiro atoms. The van der Waals surface area contributed by atoms with Gasteiger partial charge in [0, 0.05) is 40.7 Å². The molecular weight excluding hydrogens is 392 g/mol. The van der Waals surface area contributed by atoms with Crippen molar-refractivity contribution in [3.63, 3.8) is 0 Å². The van der Waals surface area contributed by atoms with E-state index in [9.17, 15) is 4.79 Å². The molecule has 2 heterocycles. The Morgan fingerprint density at radius 3 is 2.53 bits per heavy atom. The Morgan fingerprint density at radius 1 is 1.13 bits per heavy atom. The predicted octanol–water partition coefficient (Wildman–Crippen LogP) is 4.78. The molecule has 150 valence electrons. The zero-order chi connectivity index (χ0) is 21.3. The van der Waals surface area contributed by atoms with Crippen LogP contribution >= 0.6 is 11.3 Å². The molecule has 4 rings (SSSR count). The van der Waals surface area contributed by atoms with Crippen molar-refractivity contribution in [2.24, 2.45) is 11.7 Å². The first-order valence-electron chi connectivity index (χ1n) is 9.84. The molecule has 4 aromatic rings. The summed E-state index contributed by atoms with van der Waals surface area (Å²) < 4.78 is 1.83. The van der Waals surface area contributed by atoms with E-state index in [-0.39, 0.29) is 12.1 Å². The molecule has 2 N–H and O–H groups in total. The number of nitrogens with zero attached hydrogens (tertiary/aromatic N) is 3. The second-order valence-electron chi connectivity index (χ2n) is 7.61. The molecule has 0 saturated heterocycles. The first-order valence-corrected chi connectivity index (χ1v) is 10.7. The van der Waals surface area contributed by atoms with Crippen molar-refractivity contribution in [3.05, 3.63) is 75.7 Å². The van der Waals surface area contributed by atoms with Crippen LogP contribution < -0.4 is 11.3 Å². The van der Waals surface area contributed by atoms with Crippen LogP contribution in [0, 0.1) is 17.2 Å². The summed E-state index contributed by atoms with van der Waals surface area (Å²) in [5.41, 5.74) is 10.3. The molecule has 0 atom stereocenters. The quantitative estimate of drug-likeness (QED) is 0.509. The summed E-state index contributed by atoms with van der Waals surface area (Å²) in [6.07, 6.45) is 0. The molecule has 0 aliphatic rings. The lowest BCUT2D eigenvalue weighted by atomic mass is 9.95. The minimum absolute atomic E-state index is 0.0257. The molecule has 6 heteroatoms. The van der Waals surface area contributed by atoms with Crippen molar-refractivity contribution in [2.75, 3.05) is 0 Å². The van der Waals surface area contributed by atoms with Crippen molar-refractivity contribution in [3.8, 4) is 27.8 Å². The maximum absolute atomic E-state index is 13.4. The first kappa shape index (κ1) is 20.0. The van der Waals surface area contributed by atoms with Gasteiger partial charge in [0.2, 0.25) is 0 Å². The summed E-state index contributed by atoms with van der Waals surface area (Å²) in [5, 5.41) is 13.1. The van der Waals surface area contributed by atoms with Crippen LogP contribution in [0.3, 0.4) is 0 Å². The Hall–Kier alpha value is -3.27. The summed E-state index contributed by atoms with van der Waals surface area (Å²) in [6.45, 7) is 5.07. The lowest BCUT2D eigenvalue weighted by Crippen LogP contribution is -2.28. The van der Waals surface area contributed by atoms with Gasteiger partial charge in [0.05, 0.1) is 0 Å². The number of hydrogen-bond acceptors (Lipinski definition) is 5. The molecule has 2 aromatic carbocycles. The molecule has 0 aliphatic heterocycles. The Labute approximate surface area is 179 Å². The maximum atomic E-state index is 13.4. The number of benzene rings is 2. The lowest BCUT2D eigenvalue weighted by molar-refractivity contribution is 0.499. The molecule has 0 radical (unpaired) electrons. The summed E-state index contributed by atoms with van der Waals surface area (Å²) >= 11 is 1.42. The number of nitrogens with two attached hydrogens (primary N) is 1. The molecular formula is C24H22N4OS. The van der Waals surface area contributed by atoms with Gasteiger partial charge >= 0.3 is 0 Å². The number of nitriles is 1. The topological polar surface area (TPSA) is 84.7 Å². The molecule has 0 amide bonds. The third kappa shape index (κ3) is 3.54. The molecule has 0 bridgehead atoms. The van der Waals surface area contributed by atoms with Crippen LogP contribution in [-0.2, 0) is 13.1 Å². The molecule has 0 unspecified atom stereocenters. The van der Waals surface area contributed by atoms with Gasteiger partial charge in [-0.05, 0) is 29.0 Å². The minimum atomic E-state index is -0.0257. The first-order chi connectivity index (χ1) is 14.5. The van der Waals surface area contributed by atoms with Gasteiger partial charge in [-0.15, -0.1) is 11.3 Å². The van der Waals surface area contributed by atoms with Crippen LogP contribution in [0.15, 0.2) is 58.7 Å². The monoisotopic (exact) mass is 414 g/mol. The van der Waals surface area contributed by atoms with Crippen LogP contribution in [0.1, 0.15) is 25.2 Å². The van der Waals surface area contributed by atoms with E-state index in [0.29, 0.717) is 23.5 Å². The summed E-state index contributed by atoms with van der Waals surface area (Å²) in [5.74, 6) is 0.313. The Morgan fingerprint density at radius 2 is 1.90 bits per heavy atom. The molecule has 0 fully saturated rings. The third-order valence-electron chi connectivity index (χ3n) is 5.05. The highest BCUT2D eigenvalue weighted by atomic mass is 32.1. The van der Waals surface area contributed by atoms with E-state index in [4.69, 9.17) is 11.0 Å². The maximum Gasteiger partial charge on any atom is 0.258 e. The Bertz CT molecular complexity index is 1310. The van der Waals surface area contributed by atoms with E-state index in [2.05, 4.69) is 24.9 Å². The SMILES string of the molecule is CC(C)Cn1c(CN)c(-c2ccccc2)c2cc(-c3nc(C#N)cs3)ccc2c1=O. The molecule has 0 saturated carbocycles. The van der Waals surface area contributed by atoms with Crippen LogP contribution in [0.2, 0.25) is 0 Å². The molecule has 2 aromatic heterocycles. The Kier molecular flexibility index (Phi) is 5.49. The van der Waals surface area contributed by atoms with Crippen molar-refractivity contribution in [1.82, 2.24) is 9.55 Å². The highest BCUT2D eigenvalue weighted by Gasteiger charge is 2.19. The minimum Gasteiger partial charge on any atom is -0.325 e. The standard InChI is InChI=1S/C24H22N4OS/c1-15(2)13-28-21(12-26)22(16-6-4-3-5-7-16)20-10-17(8-9-19(20)24(28)29)23-27-18(11-25)14-30-23/h3-10,14-15H,12-13,26H2,1-2H3. The number of thiazole rings is 1. The fraction of sp³-hybridized carbons (Fsp3) is 0.208.